The fraction of sp³-hybridized carbons (Fsp3) is 0.182. The number of nitrogens with one attached hydrogen (secondary N) is 1. The lowest BCUT2D eigenvalue weighted by Crippen LogP contribution is -2.24. The number of nitrogens with two attached hydrogens (primary N) is 1. The third-order valence-corrected chi connectivity index (χ3v) is 4.95. The Hall–Kier alpha value is -3.79. The van der Waals surface area contributed by atoms with Crippen LogP contribution in [0.2, 0.25) is 5.15 Å². The Morgan fingerprint density at radius 3 is 2.79 bits per heavy atom. The number of hydrogen-bond acceptors (Lipinski definition) is 6. The molecule has 0 atom stereocenters. The quantitative estimate of drug-likeness (QED) is 0.410. The molecule has 170 valence electrons. The number of nitrogen functional groups attached to an aromatic ring is 1. The minimum Gasteiger partial charge on any atom is -0.488 e. The molecule has 3 N–H and O–H groups in total. The van der Waals surface area contributed by atoms with Crippen molar-refractivity contribution in [3.63, 3.8) is 0 Å². The molecule has 0 unspecified atom stereocenters. The van der Waals surface area contributed by atoms with Crippen LogP contribution in [0.5, 0.6) is 5.75 Å². The fourth-order valence-electron chi connectivity index (χ4n) is 3.23. The molecular formula is C22H19ClF2N6O2. The van der Waals surface area contributed by atoms with Crippen molar-refractivity contribution in [2.45, 2.75) is 26.5 Å². The number of nitrogens with zero attached hydrogens (tertiary/aromatic N) is 4. The van der Waals surface area contributed by atoms with E-state index in [0.717, 1.165) is 12.1 Å². The largest absolute Gasteiger partial charge is 0.488 e. The Bertz CT molecular complexity index is 1360. The molecule has 1 aromatic carbocycles. The first-order valence-electron chi connectivity index (χ1n) is 9.92. The van der Waals surface area contributed by atoms with E-state index in [0.29, 0.717) is 16.8 Å². The van der Waals surface area contributed by atoms with E-state index in [1.165, 1.54) is 10.7 Å². The van der Waals surface area contributed by atoms with Gasteiger partial charge in [-0.15, -0.1) is 5.10 Å². The normalized spacial score (nSPS) is 11.2. The minimum absolute atomic E-state index is 0.0203. The average Bonchev–Trinajstić information content (AvgIpc) is 3.13. The van der Waals surface area contributed by atoms with Gasteiger partial charge in [-0.1, -0.05) is 11.6 Å². The number of rotatable bonds is 6. The van der Waals surface area contributed by atoms with Gasteiger partial charge in [-0.3, -0.25) is 4.79 Å². The summed E-state index contributed by atoms with van der Waals surface area (Å²) in [5, 5.41) is 6.61. The van der Waals surface area contributed by atoms with Gasteiger partial charge in [0.05, 0.1) is 11.7 Å². The smallest absolute Gasteiger partial charge is 0.254 e. The summed E-state index contributed by atoms with van der Waals surface area (Å²) in [6, 6.07) is 6.90. The Balaban J connectivity index is 1.59. The first-order valence-corrected chi connectivity index (χ1v) is 10.3. The molecule has 4 aromatic rings. The number of anilines is 1. The van der Waals surface area contributed by atoms with E-state index < -0.39 is 17.5 Å². The molecule has 4 rings (SSSR count). The first-order chi connectivity index (χ1) is 15.7. The number of amides is 1. The zero-order valence-corrected chi connectivity index (χ0v) is 18.4. The summed E-state index contributed by atoms with van der Waals surface area (Å²) < 4.78 is 34.9. The van der Waals surface area contributed by atoms with Crippen molar-refractivity contribution in [2.75, 3.05) is 5.73 Å². The summed E-state index contributed by atoms with van der Waals surface area (Å²) in [5.74, 6) is -2.18. The molecule has 0 bridgehead atoms. The second-order valence-electron chi connectivity index (χ2n) is 7.48. The van der Waals surface area contributed by atoms with E-state index in [2.05, 4.69) is 20.4 Å². The molecule has 0 aliphatic carbocycles. The van der Waals surface area contributed by atoms with Crippen molar-refractivity contribution in [1.82, 2.24) is 24.9 Å². The summed E-state index contributed by atoms with van der Waals surface area (Å²) in [6.45, 7) is 3.25. The van der Waals surface area contributed by atoms with Crippen molar-refractivity contribution in [3.8, 4) is 16.9 Å². The van der Waals surface area contributed by atoms with E-state index in [9.17, 15) is 13.6 Å². The Kier molecular flexibility index (Phi) is 6.10. The molecule has 0 saturated heterocycles. The predicted molar refractivity (Wildman–Crippen MR) is 119 cm³/mol. The summed E-state index contributed by atoms with van der Waals surface area (Å²) in [7, 11) is 0. The van der Waals surface area contributed by atoms with E-state index in [1.807, 2.05) is 0 Å². The maximum absolute atomic E-state index is 14.2. The van der Waals surface area contributed by atoms with Gasteiger partial charge in [-0.25, -0.2) is 18.3 Å². The summed E-state index contributed by atoms with van der Waals surface area (Å²) >= 11 is 6.15. The molecule has 0 aliphatic rings. The number of ether oxygens (including phenoxy) is 1. The highest BCUT2D eigenvalue weighted by Gasteiger charge is 2.18. The number of carbonyl (C=O) groups excluding carboxylic acids is 1. The lowest BCUT2D eigenvalue weighted by molar-refractivity contribution is 0.0950. The van der Waals surface area contributed by atoms with Gasteiger partial charge in [0.25, 0.3) is 5.91 Å². The van der Waals surface area contributed by atoms with Crippen LogP contribution in [0, 0.1) is 11.6 Å². The van der Waals surface area contributed by atoms with Crippen LogP contribution in [-0.2, 0) is 6.54 Å². The van der Waals surface area contributed by atoms with Crippen molar-refractivity contribution < 1.29 is 18.3 Å². The van der Waals surface area contributed by atoms with Gasteiger partial charge in [-0.2, -0.15) is 4.98 Å². The SMILES string of the molecule is CC(C)Oc1c(F)cc(F)cc1CNC(=O)c1cc(-c2ccn3nc(N)nc3c2)cnc1Cl. The summed E-state index contributed by atoms with van der Waals surface area (Å²) in [6.07, 6.45) is 2.85. The molecule has 3 aromatic heterocycles. The van der Waals surface area contributed by atoms with Crippen LogP contribution in [0.15, 0.2) is 42.7 Å². The Labute approximate surface area is 192 Å². The van der Waals surface area contributed by atoms with Crippen LogP contribution in [0.1, 0.15) is 29.8 Å². The zero-order valence-electron chi connectivity index (χ0n) is 17.6. The molecule has 1 amide bonds. The highest BCUT2D eigenvalue weighted by atomic mass is 35.5. The molecule has 0 saturated carbocycles. The van der Waals surface area contributed by atoms with E-state index in [4.69, 9.17) is 22.1 Å². The summed E-state index contributed by atoms with van der Waals surface area (Å²) in [5.41, 5.74) is 7.72. The molecule has 0 radical (unpaired) electrons. The van der Waals surface area contributed by atoms with Crippen molar-refractivity contribution in [3.05, 3.63) is 70.6 Å². The van der Waals surface area contributed by atoms with Crippen LogP contribution in [0.3, 0.4) is 0 Å². The van der Waals surface area contributed by atoms with Crippen LogP contribution in [0.25, 0.3) is 16.8 Å². The van der Waals surface area contributed by atoms with Gasteiger partial charge < -0.3 is 15.8 Å². The Morgan fingerprint density at radius 2 is 2.03 bits per heavy atom. The van der Waals surface area contributed by atoms with Gasteiger partial charge in [0.15, 0.2) is 17.2 Å². The average molecular weight is 473 g/mol. The number of hydrogen-bond donors (Lipinski definition) is 2. The second kappa shape index (κ2) is 8.99. The van der Waals surface area contributed by atoms with E-state index in [-0.39, 0.29) is 40.6 Å². The number of pyridine rings is 2. The molecular weight excluding hydrogens is 454 g/mol. The van der Waals surface area contributed by atoms with Gasteiger partial charge in [0, 0.05) is 36.1 Å². The number of halogens is 3. The lowest BCUT2D eigenvalue weighted by Gasteiger charge is -2.16. The lowest BCUT2D eigenvalue weighted by atomic mass is 10.1. The first kappa shape index (κ1) is 22.4. The number of benzene rings is 1. The highest BCUT2D eigenvalue weighted by molar-refractivity contribution is 6.32. The zero-order chi connectivity index (χ0) is 23.7. The number of fused-ring (bicyclic) bond motifs is 1. The van der Waals surface area contributed by atoms with Crippen molar-refractivity contribution >= 4 is 29.1 Å². The van der Waals surface area contributed by atoms with Crippen LogP contribution in [-0.4, -0.2) is 31.6 Å². The topological polar surface area (TPSA) is 107 Å². The van der Waals surface area contributed by atoms with Crippen molar-refractivity contribution in [1.29, 1.82) is 0 Å². The van der Waals surface area contributed by atoms with E-state index >= 15 is 0 Å². The maximum Gasteiger partial charge on any atom is 0.254 e. The van der Waals surface area contributed by atoms with Gasteiger partial charge in [0.1, 0.15) is 11.0 Å². The molecule has 0 fully saturated rings. The molecule has 0 aliphatic heterocycles. The third kappa shape index (κ3) is 4.85. The Morgan fingerprint density at radius 1 is 1.24 bits per heavy atom. The highest BCUT2D eigenvalue weighted by Crippen LogP contribution is 2.27. The van der Waals surface area contributed by atoms with E-state index in [1.54, 1.807) is 38.2 Å². The standard InChI is InChI=1S/C22H19ClF2N6O2/c1-11(2)33-19-14(5-15(24)8-17(19)25)10-28-21(32)16-6-13(9-27-20(16)23)12-3-4-31-18(7-12)29-22(26)30-31/h3-9,11H,10H2,1-2H3,(H2,26,30)(H,28,32). The maximum atomic E-state index is 14.2. The molecule has 0 spiro atoms. The van der Waals surface area contributed by atoms with Crippen LogP contribution >= 0.6 is 11.6 Å². The monoisotopic (exact) mass is 472 g/mol. The number of carbonyl (C=O) groups is 1. The second-order valence-corrected chi connectivity index (χ2v) is 7.83. The third-order valence-electron chi connectivity index (χ3n) is 4.65. The van der Waals surface area contributed by atoms with Gasteiger partial charge >= 0.3 is 0 Å². The van der Waals surface area contributed by atoms with Crippen LogP contribution < -0.4 is 15.8 Å². The molecule has 3 heterocycles. The van der Waals surface area contributed by atoms with Crippen LogP contribution in [0.4, 0.5) is 14.7 Å². The molecule has 11 heteroatoms. The molecule has 8 nitrogen and oxygen atoms in total. The molecule has 33 heavy (non-hydrogen) atoms. The predicted octanol–water partition coefficient (Wildman–Crippen LogP) is 4.02. The fourth-order valence-corrected chi connectivity index (χ4v) is 3.42. The van der Waals surface area contributed by atoms with Gasteiger partial charge in [-0.05, 0) is 43.7 Å². The van der Waals surface area contributed by atoms with Crippen molar-refractivity contribution in [2.24, 2.45) is 0 Å². The minimum atomic E-state index is -0.848. The number of aromatic nitrogens is 4. The summed E-state index contributed by atoms with van der Waals surface area (Å²) in [4.78, 5) is 21.0. The van der Waals surface area contributed by atoms with Gasteiger partial charge in [0.2, 0.25) is 5.95 Å².